The number of nitrogens with one attached hydrogen (secondary N) is 1. The van der Waals surface area contributed by atoms with Gasteiger partial charge >= 0.3 is 12.1 Å². The van der Waals surface area contributed by atoms with E-state index in [1.165, 1.54) is 0 Å². The number of imidazole rings is 1. The molecule has 2 aliphatic heterocycles. The molecule has 3 atom stereocenters. The largest absolute Gasteiger partial charge is 0.490 e. The van der Waals surface area contributed by atoms with E-state index in [1.807, 2.05) is 24.3 Å². The molecule has 0 bridgehead atoms. The number of aromatic nitrogens is 3. The first-order valence-corrected chi connectivity index (χ1v) is 11.3. The number of aliphatic hydroxyl groups is 3. The van der Waals surface area contributed by atoms with Crippen LogP contribution in [0.4, 0.5) is 18.9 Å². The molecule has 11 nitrogen and oxygen atoms in total. The highest BCUT2D eigenvalue weighted by atomic mass is 35.5. The Balaban J connectivity index is 0.000000405. The quantitative estimate of drug-likeness (QED) is 0.318. The van der Waals surface area contributed by atoms with Gasteiger partial charge in [0.2, 0.25) is 0 Å². The van der Waals surface area contributed by atoms with E-state index in [0.29, 0.717) is 35.0 Å². The minimum atomic E-state index is -5.08. The fourth-order valence-corrected chi connectivity index (χ4v) is 3.97. The number of aromatic amines is 1. The Morgan fingerprint density at radius 1 is 1.22 bits per heavy atom. The normalized spacial score (nSPS) is 21.9. The molecular formula is C22H22ClF3N4O7. The van der Waals surface area contributed by atoms with Crippen molar-refractivity contribution in [3.63, 3.8) is 0 Å². The van der Waals surface area contributed by atoms with Crippen molar-refractivity contribution >= 4 is 34.4 Å². The Morgan fingerprint density at radius 2 is 1.86 bits per heavy atom. The lowest BCUT2D eigenvalue weighted by atomic mass is 10.1. The molecule has 2 aromatic heterocycles. The van der Waals surface area contributed by atoms with Crippen molar-refractivity contribution in [1.82, 2.24) is 15.0 Å². The van der Waals surface area contributed by atoms with Crippen molar-refractivity contribution in [2.75, 3.05) is 31.2 Å². The highest BCUT2D eigenvalue weighted by Gasteiger charge is 2.38. The molecule has 0 amide bonds. The summed E-state index contributed by atoms with van der Waals surface area (Å²) in [5.41, 5.74) is 3.53. The predicted octanol–water partition coefficient (Wildman–Crippen LogP) is 1.59. The number of carboxylic acid groups (broad SMARTS) is 1. The van der Waals surface area contributed by atoms with Crippen LogP contribution < -0.4 is 9.64 Å². The van der Waals surface area contributed by atoms with Crippen molar-refractivity contribution in [2.24, 2.45) is 0 Å². The summed E-state index contributed by atoms with van der Waals surface area (Å²) in [6.07, 6.45) is -7.58. The maximum absolute atomic E-state index is 10.6. The fraction of sp³-hybridized carbons (Fsp3) is 0.409. The molecule has 5 N–H and O–H groups in total. The van der Waals surface area contributed by atoms with Crippen LogP contribution in [0.5, 0.6) is 6.01 Å². The van der Waals surface area contributed by atoms with Gasteiger partial charge in [0, 0.05) is 24.3 Å². The van der Waals surface area contributed by atoms with E-state index in [2.05, 4.69) is 19.9 Å². The number of ether oxygens (including phenoxy) is 2. The van der Waals surface area contributed by atoms with Crippen LogP contribution in [0.2, 0.25) is 5.02 Å². The number of anilines is 1. The second-order valence-corrected chi connectivity index (χ2v) is 8.75. The summed E-state index contributed by atoms with van der Waals surface area (Å²) < 4.78 is 42.7. The monoisotopic (exact) mass is 546 g/mol. The van der Waals surface area contributed by atoms with E-state index >= 15 is 0 Å². The zero-order chi connectivity index (χ0) is 26.9. The zero-order valence-electron chi connectivity index (χ0n) is 18.9. The molecule has 2 fully saturated rings. The minimum Gasteiger partial charge on any atom is -0.475 e. The summed E-state index contributed by atoms with van der Waals surface area (Å²) in [4.78, 5) is 22.9. The number of hydrogen-bond donors (Lipinski definition) is 5. The van der Waals surface area contributed by atoms with Crippen LogP contribution in [-0.4, -0.2) is 98.2 Å². The lowest BCUT2D eigenvalue weighted by Crippen LogP contribution is -2.50. The lowest BCUT2D eigenvalue weighted by molar-refractivity contribution is -0.192. The third kappa shape index (κ3) is 6.05. The molecule has 0 saturated carbocycles. The van der Waals surface area contributed by atoms with E-state index in [9.17, 15) is 28.5 Å². The first kappa shape index (κ1) is 26.9. The molecule has 37 heavy (non-hydrogen) atoms. The van der Waals surface area contributed by atoms with Gasteiger partial charge in [-0.1, -0.05) is 23.7 Å². The average molecular weight is 547 g/mol. The minimum absolute atomic E-state index is 0.156. The van der Waals surface area contributed by atoms with Gasteiger partial charge in [0.25, 0.3) is 6.01 Å². The number of halogens is 4. The number of nitrogens with zero attached hydrogens (tertiary/aromatic N) is 3. The maximum atomic E-state index is 10.6. The van der Waals surface area contributed by atoms with Crippen molar-refractivity contribution in [2.45, 2.75) is 30.6 Å². The first-order valence-electron chi connectivity index (χ1n) is 10.9. The van der Waals surface area contributed by atoms with E-state index in [1.54, 1.807) is 6.07 Å². The number of pyridine rings is 1. The van der Waals surface area contributed by atoms with Gasteiger partial charge in [-0.25, -0.2) is 9.78 Å². The van der Waals surface area contributed by atoms with Gasteiger partial charge in [0.05, 0.1) is 35.6 Å². The van der Waals surface area contributed by atoms with Gasteiger partial charge in [-0.05, 0) is 18.2 Å². The molecule has 5 rings (SSSR count). The van der Waals surface area contributed by atoms with E-state index in [0.717, 1.165) is 11.3 Å². The summed E-state index contributed by atoms with van der Waals surface area (Å²) >= 11 is 6.46. The number of benzene rings is 1. The number of alkyl halides is 3. The van der Waals surface area contributed by atoms with Crippen molar-refractivity contribution < 1.29 is 47.9 Å². The molecule has 3 aromatic rings. The Morgan fingerprint density at radius 3 is 2.41 bits per heavy atom. The summed E-state index contributed by atoms with van der Waals surface area (Å²) in [6.45, 7) is 1.16. The van der Waals surface area contributed by atoms with Gasteiger partial charge in [0.15, 0.2) is 11.8 Å². The van der Waals surface area contributed by atoms with E-state index < -0.39 is 30.5 Å². The number of H-pyrrole nitrogens is 1. The average Bonchev–Trinajstić information content (AvgIpc) is 3.38. The molecule has 2 saturated heterocycles. The molecular weight excluding hydrogens is 525 g/mol. The SMILES string of the molecule is O=C(O)C(F)(F)F.OC[C@H]1OC[C@@H](Oc2nc3nc(-c4ccc(N5CC(O)C5)cc4)c(Cl)cc3[nH]2)[C@@H]1O. The zero-order valence-corrected chi connectivity index (χ0v) is 19.6. The lowest BCUT2D eigenvalue weighted by Gasteiger charge is -2.37. The van der Waals surface area contributed by atoms with Crippen LogP contribution in [0.3, 0.4) is 0 Å². The van der Waals surface area contributed by atoms with Gasteiger partial charge in [0.1, 0.15) is 12.2 Å². The molecule has 4 heterocycles. The van der Waals surface area contributed by atoms with Crippen LogP contribution in [0.25, 0.3) is 22.4 Å². The van der Waals surface area contributed by atoms with Crippen LogP contribution in [0.15, 0.2) is 30.3 Å². The third-order valence-electron chi connectivity index (χ3n) is 5.69. The van der Waals surface area contributed by atoms with Crippen LogP contribution in [-0.2, 0) is 9.53 Å². The number of aliphatic hydroxyl groups excluding tert-OH is 3. The smallest absolute Gasteiger partial charge is 0.475 e. The molecule has 0 aliphatic carbocycles. The summed E-state index contributed by atoms with van der Waals surface area (Å²) in [5.74, 6) is -2.76. The standard InChI is InChI=1S/C20H21ClN4O5.C2HF3O2/c21-13-5-14-19(24-20(22-14)30-16-9-29-15(8-26)18(16)28)23-17(13)10-1-3-11(4-2-10)25-6-12(27)7-25;3-2(4,5)1(6)7/h1-5,12,15-16,18,26-28H,6-9H2,(H,22,23,24);(H,6,7)/t15-,16-,18-;/m1./s1. The number of fused-ring (bicyclic) bond motifs is 1. The molecule has 0 radical (unpaired) electrons. The Kier molecular flexibility index (Phi) is 7.75. The van der Waals surface area contributed by atoms with Crippen molar-refractivity contribution in [1.29, 1.82) is 0 Å². The third-order valence-corrected chi connectivity index (χ3v) is 5.98. The molecule has 0 spiro atoms. The highest BCUT2D eigenvalue weighted by Crippen LogP contribution is 2.32. The number of carbonyl (C=O) groups is 1. The van der Waals surface area contributed by atoms with Crippen LogP contribution in [0, 0.1) is 0 Å². The molecule has 200 valence electrons. The van der Waals surface area contributed by atoms with Gasteiger partial charge in [-0.2, -0.15) is 18.2 Å². The topological polar surface area (TPSA) is 161 Å². The van der Waals surface area contributed by atoms with Crippen molar-refractivity contribution in [3.05, 3.63) is 35.4 Å². The maximum Gasteiger partial charge on any atom is 0.490 e. The molecule has 15 heteroatoms. The molecule has 1 aromatic carbocycles. The van der Waals surface area contributed by atoms with Gasteiger partial charge in [-0.15, -0.1) is 0 Å². The summed E-state index contributed by atoms with van der Waals surface area (Å²) in [7, 11) is 0. The van der Waals surface area contributed by atoms with E-state index in [-0.39, 0.29) is 25.3 Å². The van der Waals surface area contributed by atoms with E-state index in [4.69, 9.17) is 31.0 Å². The van der Waals surface area contributed by atoms with Gasteiger partial charge < -0.3 is 39.8 Å². The Bertz CT molecular complexity index is 1250. The molecule has 2 aliphatic rings. The summed E-state index contributed by atoms with van der Waals surface area (Å²) in [5, 5.41) is 36.3. The predicted molar refractivity (Wildman–Crippen MR) is 123 cm³/mol. The Labute approximate surface area is 212 Å². The number of hydrogen-bond acceptors (Lipinski definition) is 9. The molecule has 0 unspecified atom stereocenters. The van der Waals surface area contributed by atoms with Crippen LogP contribution >= 0.6 is 11.6 Å². The van der Waals surface area contributed by atoms with Crippen molar-refractivity contribution in [3.8, 4) is 17.3 Å². The first-order chi connectivity index (χ1) is 17.5. The number of β-amino-alcohol motifs (C(OH)–C–C–N with tert-alkyl or cyclic N) is 1. The van der Waals surface area contributed by atoms with Crippen LogP contribution in [0.1, 0.15) is 0 Å². The Hall–Kier alpha value is -3.17. The highest BCUT2D eigenvalue weighted by molar-refractivity contribution is 6.33. The second-order valence-electron chi connectivity index (χ2n) is 8.34. The fourth-order valence-electron chi connectivity index (χ4n) is 3.71. The number of rotatable bonds is 5. The second kappa shape index (κ2) is 10.7. The number of aliphatic carboxylic acids is 1. The van der Waals surface area contributed by atoms with Gasteiger partial charge in [-0.3, -0.25) is 0 Å². The summed E-state index contributed by atoms with van der Waals surface area (Å²) in [6, 6.07) is 9.75. The number of carboxylic acids is 1.